The molecule has 1 heterocycles. The van der Waals surface area contributed by atoms with E-state index in [1.165, 1.54) is 5.56 Å². The van der Waals surface area contributed by atoms with E-state index < -0.39 is 5.97 Å². The summed E-state index contributed by atoms with van der Waals surface area (Å²) in [6.07, 6.45) is 0.969. The van der Waals surface area contributed by atoms with Crippen LogP contribution in [0.5, 0.6) is 5.75 Å². The number of nitrogens with zero attached hydrogens (tertiary/aromatic N) is 1. The molecule has 0 fully saturated rings. The van der Waals surface area contributed by atoms with Gasteiger partial charge in [-0.3, -0.25) is 0 Å². The number of rotatable bonds is 6. The number of phenols is 1. The summed E-state index contributed by atoms with van der Waals surface area (Å²) >= 11 is 0. The Kier molecular flexibility index (Phi) is 5.28. The number of hydrogen-bond acceptors (Lipinski definition) is 4. The zero-order valence-electron chi connectivity index (χ0n) is 15.3. The molecule has 136 valence electrons. The maximum absolute atomic E-state index is 12.6. The van der Waals surface area contributed by atoms with Crippen molar-refractivity contribution < 1.29 is 19.4 Å². The molecule has 1 N–H and O–H groups in total. The van der Waals surface area contributed by atoms with Crippen LogP contribution in [-0.4, -0.2) is 36.0 Å². The quantitative estimate of drug-likeness (QED) is 0.537. The minimum atomic E-state index is -0.418. The number of methoxy groups -OCH3 is 1. The molecule has 5 heteroatoms. The molecule has 1 aromatic heterocycles. The fourth-order valence-electron chi connectivity index (χ4n) is 3.17. The fourth-order valence-corrected chi connectivity index (χ4v) is 3.17. The number of carbonyl (C=O) groups excluding carboxylic acids is 1. The molecule has 26 heavy (non-hydrogen) atoms. The van der Waals surface area contributed by atoms with E-state index in [4.69, 9.17) is 9.47 Å². The number of benzene rings is 2. The van der Waals surface area contributed by atoms with Crippen LogP contribution in [0.3, 0.4) is 0 Å². The number of aromatic hydroxyl groups is 1. The highest BCUT2D eigenvalue weighted by Gasteiger charge is 2.22. The topological polar surface area (TPSA) is 60.7 Å². The van der Waals surface area contributed by atoms with Crippen LogP contribution in [0.1, 0.15) is 28.5 Å². The Morgan fingerprint density at radius 1 is 1.12 bits per heavy atom. The van der Waals surface area contributed by atoms with Crippen molar-refractivity contribution in [3.8, 4) is 11.4 Å². The Morgan fingerprint density at radius 3 is 2.50 bits per heavy atom. The third-order valence-corrected chi connectivity index (χ3v) is 4.52. The van der Waals surface area contributed by atoms with Crippen LogP contribution >= 0.6 is 0 Å². The third kappa shape index (κ3) is 3.30. The number of aryl methyl sites for hydroxylation is 1. The van der Waals surface area contributed by atoms with Crippen LogP contribution in [0, 0.1) is 6.92 Å². The Hall–Kier alpha value is -2.79. The average molecular weight is 353 g/mol. The van der Waals surface area contributed by atoms with Crippen molar-refractivity contribution in [2.45, 2.75) is 20.3 Å². The summed E-state index contributed by atoms with van der Waals surface area (Å²) < 4.78 is 12.3. The van der Waals surface area contributed by atoms with Crippen molar-refractivity contribution in [3.63, 3.8) is 0 Å². The van der Waals surface area contributed by atoms with Gasteiger partial charge >= 0.3 is 5.97 Å². The van der Waals surface area contributed by atoms with E-state index in [1.54, 1.807) is 19.2 Å². The van der Waals surface area contributed by atoms with Crippen LogP contribution in [0.15, 0.2) is 42.5 Å². The number of ether oxygens (including phenoxy) is 2. The summed E-state index contributed by atoms with van der Waals surface area (Å²) in [5, 5.41) is 10.6. The monoisotopic (exact) mass is 353 g/mol. The van der Waals surface area contributed by atoms with E-state index >= 15 is 0 Å². The fraction of sp³-hybridized carbons (Fsp3) is 0.286. The zero-order valence-corrected chi connectivity index (χ0v) is 15.3. The van der Waals surface area contributed by atoms with Gasteiger partial charge < -0.3 is 19.1 Å². The Labute approximate surface area is 152 Å². The van der Waals surface area contributed by atoms with Gasteiger partial charge in [0, 0.05) is 23.9 Å². The number of fused-ring (bicyclic) bond motifs is 1. The molecule has 0 aliphatic heterocycles. The van der Waals surface area contributed by atoms with Gasteiger partial charge in [0.05, 0.1) is 17.7 Å². The van der Waals surface area contributed by atoms with E-state index in [1.807, 2.05) is 29.7 Å². The normalized spacial score (nSPS) is 11.0. The minimum absolute atomic E-state index is 0.113. The van der Waals surface area contributed by atoms with Crippen LogP contribution in [0.25, 0.3) is 16.6 Å². The lowest BCUT2D eigenvalue weighted by molar-refractivity contribution is 0.0389. The maximum Gasteiger partial charge on any atom is 0.340 e. The summed E-state index contributed by atoms with van der Waals surface area (Å²) in [6.45, 7) is 4.53. The first kappa shape index (κ1) is 18.0. The molecular formula is C21H23NO4. The molecule has 3 aromatic rings. The van der Waals surface area contributed by atoms with E-state index in [2.05, 4.69) is 19.1 Å². The molecule has 0 radical (unpaired) electrons. The van der Waals surface area contributed by atoms with Crippen molar-refractivity contribution in [2.24, 2.45) is 0 Å². The molecule has 0 aliphatic rings. The summed E-state index contributed by atoms with van der Waals surface area (Å²) in [5.41, 5.74) is 4.30. The first-order chi connectivity index (χ1) is 12.6. The van der Waals surface area contributed by atoms with Gasteiger partial charge in [-0.05, 0) is 49.2 Å². The number of hydrogen-bond donors (Lipinski definition) is 1. The van der Waals surface area contributed by atoms with Gasteiger partial charge in [0.15, 0.2) is 0 Å². The van der Waals surface area contributed by atoms with E-state index in [9.17, 15) is 9.90 Å². The van der Waals surface area contributed by atoms with Crippen molar-refractivity contribution in [2.75, 3.05) is 20.3 Å². The molecule has 0 unspecified atom stereocenters. The van der Waals surface area contributed by atoms with Crippen molar-refractivity contribution in [1.29, 1.82) is 0 Å². The first-order valence-electron chi connectivity index (χ1n) is 8.66. The molecule has 2 aromatic carbocycles. The largest absolute Gasteiger partial charge is 0.508 e. The first-order valence-corrected chi connectivity index (χ1v) is 8.66. The van der Waals surface area contributed by atoms with Gasteiger partial charge in [0.2, 0.25) is 0 Å². The average Bonchev–Trinajstić information content (AvgIpc) is 2.93. The second-order valence-corrected chi connectivity index (χ2v) is 6.15. The lowest BCUT2D eigenvalue weighted by Gasteiger charge is -2.10. The molecule has 3 rings (SSSR count). The summed E-state index contributed by atoms with van der Waals surface area (Å²) in [7, 11) is 1.56. The Morgan fingerprint density at radius 2 is 1.85 bits per heavy atom. The molecule has 0 saturated carbocycles. The molecule has 0 amide bonds. The van der Waals surface area contributed by atoms with Gasteiger partial charge in [-0.1, -0.05) is 19.1 Å². The SMILES string of the molecule is CCc1ccc(-n2c(C)c(C(=O)OCCOC)c3cc(O)ccc32)cc1. The highest BCUT2D eigenvalue weighted by atomic mass is 16.6. The second-order valence-electron chi connectivity index (χ2n) is 6.15. The highest BCUT2D eigenvalue weighted by Crippen LogP contribution is 2.32. The molecule has 0 aliphatic carbocycles. The van der Waals surface area contributed by atoms with Crippen molar-refractivity contribution >= 4 is 16.9 Å². The number of phenolic OH excluding ortho intramolecular Hbond substituents is 1. The molecule has 0 saturated heterocycles. The number of carbonyl (C=O) groups is 1. The summed E-state index contributed by atoms with van der Waals surface area (Å²) in [4.78, 5) is 12.6. The lowest BCUT2D eigenvalue weighted by atomic mass is 10.1. The van der Waals surface area contributed by atoms with Gasteiger partial charge in [-0.2, -0.15) is 0 Å². The second kappa shape index (κ2) is 7.62. The van der Waals surface area contributed by atoms with Crippen LogP contribution in [-0.2, 0) is 15.9 Å². The van der Waals surface area contributed by atoms with Crippen LogP contribution in [0.4, 0.5) is 0 Å². The number of aromatic nitrogens is 1. The lowest BCUT2D eigenvalue weighted by Crippen LogP contribution is -2.11. The molecule has 0 atom stereocenters. The molecule has 0 spiro atoms. The van der Waals surface area contributed by atoms with Crippen molar-refractivity contribution in [3.05, 3.63) is 59.3 Å². The standard InChI is InChI=1S/C21H23NO4/c1-4-15-5-7-16(8-6-15)22-14(2)20(21(24)26-12-11-25-3)18-13-17(23)9-10-19(18)22/h5-10,13,23H,4,11-12H2,1-3H3. The van der Waals surface area contributed by atoms with Gasteiger partial charge in [0.1, 0.15) is 12.4 Å². The minimum Gasteiger partial charge on any atom is -0.508 e. The molecule has 0 bridgehead atoms. The van der Waals surface area contributed by atoms with Crippen molar-refractivity contribution in [1.82, 2.24) is 4.57 Å². The van der Waals surface area contributed by atoms with E-state index in [0.717, 1.165) is 23.3 Å². The maximum atomic E-state index is 12.6. The predicted octanol–water partition coefficient (Wildman–Crippen LogP) is 4.01. The Bertz CT molecular complexity index is 925. The van der Waals surface area contributed by atoms with Gasteiger partial charge in [0.25, 0.3) is 0 Å². The van der Waals surface area contributed by atoms with E-state index in [-0.39, 0.29) is 12.4 Å². The predicted molar refractivity (Wildman–Crippen MR) is 101 cm³/mol. The van der Waals surface area contributed by atoms with Crippen LogP contribution < -0.4 is 0 Å². The van der Waals surface area contributed by atoms with E-state index in [0.29, 0.717) is 17.6 Å². The summed E-state index contributed by atoms with van der Waals surface area (Å²) in [5.74, 6) is -0.305. The molecular weight excluding hydrogens is 330 g/mol. The number of esters is 1. The van der Waals surface area contributed by atoms with Gasteiger partial charge in [-0.15, -0.1) is 0 Å². The third-order valence-electron chi connectivity index (χ3n) is 4.52. The summed E-state index contributed by atoms with van der Waals surface area (Å²) in [6, 6.07) is 13.3. The zero-order chi connectivity index (χ0) is 18.7. The van der Waals surface area contributed by atoms with Gasteiger partial charge in [-0.25, -0.2) is 4.79 Å². The highest BCUT2D eigenvalue weighted by molar-refractivity contribution is 6.07. The Balaban J connectivity index is 2.14. The van der Waals surface area contributed by atoms with Crippen LogP contribution in [0.2, 0.25) is 0 Å². The molecule has 5 nitrogen and oxygen atoms in total. The smallest absolute Gasteiger partial charge is 0.340 e.